The molecule has 2 saturated heterocycles. The van der Waals surface area contributed by atoms with Crippen LogP contribution in [0.1, 0.15) is 38.5 Å². The third-order valence-corrected chi connectivity index (χ3v) is 7.96. The van der Waals surface area contributed by atoms with E-state index in [0.717, 1.165) is 49.1 Å². The zero-order chi connectivity index (χ0) is 17.8. The van der Waals surface area contributed by atoms with Gasteiger partial charge in [-0.1, -0.05) is 28.0 Å². The molecule has 2 aromatic rings. The lowest BCUT2D eigenvalue weighted by molar-refractivity contribution is -0.121. The predicted octanol–water partition coefficient (Wildman–Crippen LogP) is 2.53. The van der Waals surface area contributed by atoms with Crippen LogP contribution in [0, 0.1) is 0 Å². The summed E-state index contributed by atoms with van der Waals surface area (Å²) < 4.78 is 1.87. The highest BCUT2D eigenvalue weighted by molar-refractivity contribution is 8.77. The lowest BCUT2D eigenvalue weighted by Crippen LogP contribution is -2.37. The highest BCUT2D eigenvalue weighted by Crippen LogP contribution is 2.39. The summed E-state index contributed by atoms with van der Waals surface area (Å²) in [6, 6.07) is 0.189. The summed E-state index contributed by atoms with van der Waals surface area (Å²) in [4.78, 5) is 18.9. The minimum Gasteiger partial charge on any atom is -0.352 e. The number of carbonyl (C=O) groups is 1. The van der Waals surface area contributed by atoms with E-state index in [4.69, 9.17) is 0 Å². The predicted molar refractivity (Wildman–Crippen MR) is 106 cm³/mol. The van der Waals surface area contributed by atoms with E-state index in [1.54, 1.807) is 12.5 Å². The number of hydrogen-bond acceptors (Lipinski definition) is 7. The Hall–Kier alpha value is -1.48. The summed E-state index contributed by atoms with van der Waals surface area (Å²) in [6.45, 7) is 1.66. The highest BCUT2D eigenvalue weighted by atomic mass is 33.1. The average molecular weight is 393 g/mol. The second kappa shape index (κ2) is 8.47. The molecule has 7 nitrogen and oxygen atoms in total. The standard InChI is InChI=1S/C17H24N6OS2/c24-15(4-2-1-3-14-6-10-25-26-14)20-13-5-8-22(11-13)16-17-21-19-12-23(17)9-7-18-16/h7,9,12-14H,1-6,8,10-11H2,(H,20,24)/t13-,14+/m1/s1. The lowest BCUT2D eigenvalue weighted by Gasteiger charge is -2.18. The molecule has 4 rings (SSSR count). The Kier molecular flexibility index (Phi) is 5.84. The molecule has 140 valence electrons. The van der Waals surface area contributed by atoms with Gasteiger partial charge in [0.05, 0.1) is 0 Å². The maximum Gasteiger partial charge on any atom is 0.220 e. The molecule has 0 saturated carbocycles. The fraction of sp³-hybridized carbons (Fsp3) is 0.647. The Balaban J connectivity index is 1.21. The lowest BCUT2D eigenvalue weighted by atomic mass is 10.1. The topological polar surface area (TPSA) is 75.4 Å². The van der Waals surface area contributed by atoms with Crippen LogP contribution in [0.25, 0.3) is 5.65 Å². The maximum atomic E-state index is 12.2. The van der Waals surface area contributed by atoms with Crippen molar-refractivity contribution >= 4 is 39.0 Å². The van der Waals surface area contributed by atoms with Crippen LogP contribution in [-0.4, -0.2) is 55.6 Å². The molecule has 0 aliphatic carbocycles. The summed E-state index contributed by atoms with van der Waals surface area (Å²) in [6.07, 6.45) is 11.6. The molecule has 4 heterocycles. The van der Waals surface area contributed by atoms with Gasteiger partial charge in [0, 0.05) is 48.9 Å². The van der Waals surface area contributed by atoms with Crippen molar-refractivity contribution in [2.75, 3.05) is 23.7 Å². The van der Waals surface area contributed by atoms with Crippen LogP contribution in [0.5, 0.6) is 0 Å². The van der Waals surface area contributed by atoms with Crippen molar-refractivity contribution < 1.29 is 4.79 Å². The van der Waals surface area contributed by atoms with E-state index < -0.39 is 0 Å². The Morgan fingerprint density at radius 3 is 3.19 bits per heavy atom. The van der Waals surface area contributed by atoms with Crippen molar-refractivity contribution in [3.63, 3.8) is 0 Å². The zero-order valence-electron chi connectivity index (χ0n) is 14.7. The summed E-state index contributed by atoms with van der Waals surface area (Å²) in [5.41, 5.74) is 0.766. The van der Waals surface area contributed by atoms with E-state index in [0.29, 0.717) is 6.42 Å². The number of hydrogen-bond donors (Lipinski definition) is 1. The second-order valence-electron chi connectivity index (χ2n) is 6.89. The number of anilines is 1. The molecule has 1 N–H and O–H groups in total. The number of fused-ring (bicyclic) bond motifs is 1. The molecule has 2 aromatic heterocycles. The molecular weight excluding hydrogens is 368 g/mol. The Morgan fingerprint density at radius 1 is 1.35 bits per heavy atom. The summed E-state index contributed by atoms with van der Waals surface area (Å²) in [5.74, 6) is 2.30. The Morgan fingerprint density at radius 2 is 2.31 bits per heavy atom. The van der Waals surface area contributed by atoms with Crippen LogP contribution in [0.15, 0.2) is 18.7 Å². The van der Waals surface area contributed by atoms with Crippen LogP contribution in [0.2, 0.25) is 0 Å². The maximum absolute atomic E-state index is 12.2. The summed E-state index contributed by atoms with van der Waals surface area (Å²) in [5, 5.41) is 12.1. The quantitative estimate of drug-likeness (QED) is 0.573. The van der Waals surface area contributed by atoms with Gasteiger partial charge in [0.2, 0.25) is 11.6 Å². The fourth-order valence-corrected chi connectivity index (χ4v) is 6.59. The van der Waals surface area contributed by atoms with Crippen LogP contribution in [0.4, 0.5) is 5.82 Å². The van der Waals surface area contributed by atoms with E-state index in [9.17, 15) is 4.79 Å². The van der Waals surface area contributed by atoms with Gasteiger partial charge in [-0.3, -0.25) is 9.20 Å². The van der Waals surface area contributed by atoms with Crippen molar-refractivity contribution in [1.29, 1.82) is 0 Å². The molecule has 26 heavy (non-hydrogen) atoms. The number of aromatic nitrogens is 4. The van der Waals surface area contributed by atoms with Crippen LogP contribution in [-0.2, 0) is 4.79 Å². The third-order valence-electron chi connectivity index (χ3n) is 4.96. The number of carbonyl (C=O) groups excluding carboxylic acids is 1. The van der Waals surface area contributed by atoms with Crippen molar-refractivity contribution in [1.82, 2.24) is 24.9 Å². The molecule has 0 aromatic carbocycles. The molecule has 2 aliphatic heterocycles. The van der Waals surface area contributed by atoms with Gasteiger partial charge in [-0.2, -0.15) is 0 Å². The Labute approximate surface area is 161 Å². The minimum atomic E-state index is 0.180. The highest BCUT2D eigenvalue weighted by Gasteiger charge is 2.26. The minimum absolute atomic E-state index is 0.180. The van der Waals surface area contributed by atoms with Gasteiger partial charge in [0.15, 0.2) is 5.82 Å². The summed E-state index contributed by atoms with van der Waals surface area (Å²) in [7, 11) is 4.01. The van der Waals surface area contributed by atoms with Gasteiger partial charge in [0.25, 0.3) is 0 Å². The van der Waals surface area contributed by atoms with Crippen molar-refractivity contribution in [3.05, 3.63) is 18.7 Å². The molecule has 0 unspecified atom stereocenters. The average Bonchev–Trinajstić information content (AvgIpc) is 3.39. The number of nitrogens with zero attached hydrogens (tertiary/aromatic N) is 5. The monoisotopic (exact) mass is 392 g/mol. The molecule has 0 radical (unpaired) electrons. The number of amides is 1. The first kappa shape index (κ1) is 17.9. The number of nitrogens with one attached hydrogen (secondary N) is 1. The van der Waals surface area contributed by atoms with Gasteiger partial charge < -0.3 is 10.2 Å². The fourth-order valence-electron chi connectivity index (χ4n) is 3.56. The van der Waals surface area contributed by atoms with Crippen LogP contribution in [0.3, 0.4) is 0 Å². The molecule has 2 aliphatic rings. The van der Waals surface area contributed by atoms with Crippen molar-refractivity contribution in [3.8, 4) is 0 Å². The Bertz CT molecular complexity index is 748. The van der Waals surface area contributed by atoms with E-state index in [1.165, 1.54) is 18.6 Å². The molecule has 2 atom stereocenters. The zero-order valence-corrected chi connectivity index (χ0v) is 16.3. The van der Waals surface area contributed by atoms with Gasteiger partial charge in [0.1, 0.15) is 6.33 Å². The molecule has 0 bridgehead atoms. The molecule has 2 fully saturated rings. The van der Waals surface area contributed by atoms with E-state index in [2.05, 4.69) is 25.4 Å². The van der Waals surface area contributed by atoms with Crippen LogP contribution < -0.4 is 10.2 Å². The normalized spacial score (nSPS) is 23.0. The second-order valence-corrected chi connectivity index (χ2v) is 9.67. The van der Waals surface area contributed by atoms with Gasteiger partial charge >= 0.3 is 0 Å². The van der Waals surface area contributed by atoms with E-state index >= 15 is 0 Å². The van der Waals surface area contributed by atoms with Gasteiger partial charge in [-0.15, -0.1) is 10.2 Å². The van der Waals surface area contributed by atoms with E-state index in [-0.39, 0.29) is 11.9 Å². The molecular formula is C17H24N6OS2. The largest absolute Gasteiger partial charge is 0.352 e. The van der Waals surface area contributed by atoms with E-state index in [1.807, 2.05) is 32.2 Å². The molecule has 0 spiro atoms. The van der Waals surface area contributed by atoms with Crippen molar-refractivity contribution in [2.24, 2.45) is 0 Å². The SMILES string of the molecule is O=C(CCCC[C@H]1CCSS1)N[C@@H]1CCN(c2nccn3cnnc23)C1. The smallest absolute Gasteiger partial charge is 0.220 e. The third kappa shape index (κ3) is 4.25. The van der Waals surface area contributed by atoms with Gasteiger partial charge in [-0.25, -0.2) is 4.98 Å². The first-order valence-electron chi connectivity index (χ1n) is 9.26. The van der Waals surface area contributed by atoms with Crippen molar-refractivity contribution in [2.45, 2.75) is 49.8 Å². The number of unbranched alkanes of at least 4 members (excludes halogenated alkanes) is 1. The van der Waals surface area contributed by atoms with Gasteiger partial charge in [-0.05, 0) is 25.7 Å². The first-order chi connectivity index (χ1) is 12.8. The molecule has 9 heteroatoms. The first-order valence-corrected chi connectivity index (χ1v) is 11.6. The summed E-state index contributed by atoms with van der Waals surface area (Å²) >= 11 is 0. The molecule has 1 amide bonds. The number of rotatable bonds is 7. The van der Waals surface area contributed by atoms with Crippen LogP contribution >= 0.6 is 21.6 Å².